The molecule has 1 fully saturated rings. The molecule has 1 N–H and O–H groups in total. The lowest BCUT2D eigenvalue weighted by molar-refractivity contribution is -0.132. The zero-order chi connectivity index (χ0) is 19.0. The fourth-order valence-electron chi connectivity index (χ4n) is 3.49. The molecular formula is C23H40O3. The van der Waals surface area contributed by atoms with Gasteiger partial charge in [0, 0.05) is 0 Å². The Bertz CT molecular complexity index is 425. The molecule has 0 amide bonds. The number of hydrogen-bond donors (Lipinski definition) is 1. The van der Waals surface area contributed by atoms with Crippen LogP contribution in [0.25, 0.3) is 0 Å². The van der Waals surface area contributed by atoms with Crippen molar-refractivity contribution >= 4 is 5.97 Å². The van der Waals surface area contributed by atoms with Gasteiger partial charge < -0.3 is 9.84 Å². The molecule has 1 rings (SSSR count). The third-order valence-electron chi connectivity index (χ3n) is 5.23. The number of hydrogen-bond acceptors (Lipinski definition) is 3. The molecule has 1 aliphatic rings. The molecular weight excluding hydrogens is 324 g/mol. The highest BCUT2D eigenvalue weighted by atomic mass is 16.6. The molecule has 0 aromatic rings. The molecule has 1 aliphatic heterocycles. The monoisotopic (exact) mass is 364 g/mol. The van der Waals surface area contributed by atoms with E-state index in [-0.39, 0.29) is 5.76 Å². The number of carbonyl (C=O) groups excluding carboxylic acids is 1. The average molecular weight is 365 g/mol. The summed E-state index contributed by atoms with van der Waals surface area (Å²) in [5.41, 5.74) is 0.361. The van der Waals surface area contributed by atoms with Crippen molar-refractivity contribution < 1.29 is 14.6 Å². The van der Waals surface area contributed by atoms with Crippen molar-refractivity contribution in [2.45, 2.75) is 116 Å². The second kappa shape index (κ2) is 15.0. The van der Waals surface area contributed by atoms with Crippen molar-refractivity contribution in [3.8, 4) is 0 Å². The zero-order valence-corrected chi connectivity index (χ0v) is 16.9. The van der Waals surface area contributed by atoms with Gasteiger partial charge in [-0.2, -0.15) is 0 Å². The first-order valence-electron chi connectivity index (χ1n) is 11.0. The minimum Gasteiger partial charge on any atom is -0.425 e. The third kappa shape index (κ3) is 10.2. The van der Waals surface area contributed by atoms with Gasteiger partial charge in [0.25, 0.3) is 0 Å². The van der Waals surface area contributed by atoms with E-state index in [2.05, 4.69) is 13.5 Å². The van der Waals surface area contributed by atoms with Crippen LogP contribution in [0.3, 0.4) is 0 Å². The standard InChI is InChI=1S/C23H40O3/c1-3-4-5-6-7-8-9-10-11-12-13-14-15-16-17-18-19-21-22(24)20(2)26-23(21)25/h19,22,24H,2-18H2,1H3/b21-19-/t22-/m1/s1. The van der Waals surface area contributed by atoms with E-state index in [0.717, 1.165) is 12.8 Å². The number of carbonyl (C=O) groups is 1. The largest absolute Gasteiger partial charge is 0.425 e. The second-order valence-electron chi connectivity index (χ2n) is 7.66. The molecule has 3 nitrogen and oxygen atoms in total. The van der Waals surface area contributed by atoms with Gasteiger partial charge in [0.15, 0.2) is 0 Å². The Labute approximate surface area is 160 Å². The quantitative estimate of drug-likeness (QED) is 0.190. The molecule has 150 valence electrons. The molecule has 1 atom stereocenters. The summed E-state index contributed by atoms with van der Waals surface area (Å²) in [4.78, 5) is 11.5. The number of ether oxygens (including phenoxy) is 1. The maximum absolute atomic E-state index is 11.5. The van der Waals surface area contributed by atoms with Gasteiger partial charge in [-0.15, -0.1) is 0 Å². The van der Waals surface area contributed by atoms with Gasteiger partial charge in [-0.1, -0.05) is 109 Å². The number of esters is 1. The number of cyclic esters (lactones) is 1. The van der Waals surface area contributed by atoms with Crippen LogP contribution in [0.2, 0.25) is 0 Å². The Balaban J connectivity index is 1.83. The summed E-state index contributed by atoms with van der Waals surface area (Å²) in [5.74, 6) is -0.291. The van der Waals surface area contributed by atoms with E-state index in [4.69, 9.17) is 4.74 Å². The molecule has 0 radical (unpaired) electrons. The van der Waals surface area contributed by atoms with Crippen LogP contribution in [-0.4, -0.2) is 17.2 Å². The minimum absolute atomic E-state index is 0.151. The topological polar surface area (TPSA) is 46.5 Å². The normalized spacial score (nSPS) is 18.7. The van der Waals surface area contributed by atoms with E-state index in [1.54, 1.807) is 0 Å². The summed E-state index contributed by atoms with van der Waals surface area (Å²) in [6.45, 7) is 5.80. The van der Waals surface area contributed by atoms with Crippen LogP contribution in [0.5, 0.6) is 0 Å². The predicted octanol–water partition coefficient (Wildman–Crippen LogP) is 6.61. The van der Waals surface area contributed by atoms with Crippen molar-refractivity contribution in [1.29, 1.82) is 0 Å². The first-order valence-corrected chi connectivity index (χ1v) is 11.0. The number of aliphatic hydroxyl groups is 1. The molecule has 0 spiro atoms. The smallest absolute Gasteiger partial charge is 0.341 e. The van der Waals surface area contributed by atoms with Gasteiger partial charge in [0.1, 0.15) is 11.9 Å². The Kier molecular flexibility index (Phi) is 13.3. The van der Waals surface area contributed by atoms with Gasteiger partial charge in [-0.3, -0.25) is 0 Å². The average Bonchev–Trinajstić information content (AvgIpc) is 2.87. The Morgan fingerprint density at radius 1 is 0.846 bits per heavy atom. The molecule has 26 heavy (non-hydrogen) atoms. The Morgan fingerprint density at radius 2 is 1.27 bits per heavy atom. The van der Waals surface area contributed by atoms with Crippen LogP contribution in [0.15, 0.2) is 24.0 Å². The molecule has 0 saturated carbocycles. The van der Waals surface area contributed by atoms with Crippen molar-refractivity contribution in [3.63, 3.8) is 0 Å². The Morgan fingerprint density at radius 3 is 1.65 bits per heavy atom. The number of rotatable bonds is 16. The first-order chi connectivity index (χ1) is 12.7. The first kappa shape index (κ1) is 23.0. The number of unbranched alkanes of at least 4 members (excludes halogenated alkanes) is 15. The molecule has 1 heterocycles. The van der Waals surface area contributed by atoms with Gasteiger partial charge >= 0.3 is 5.97 Å². The van der Waals surface area contributed by atoms with Gasteiger partial charge in [0.2, 0.25) is 0 Å². The zero-order valence-electron chi connectivity index (χ0n) is 16.9. The molecule has 0 unspecified atom stereocenters. The summed E-state index contributed by atoms with van der Waals surface area (Å²) >= 11 is 0. The molecule has 0 aliphatic carbocycles. The van der Waals surface area contributed by atoms with E-state index in [1.165, 1.54) is 89.9 Å². The van der Waals surface area contributed by atoms with Crippen LogP contribution in [0, 0.1) is 0 Å². The van der Waals surface area contributed by atoms with E-state index in [0.29, 0.717) is 5.57 Å². The molecule has 0 bridgehead atoms. The Hall–Kier alpha value is -1.09. The van der Waals surface area contributed by atoms with E-state index < -0.39 is 12.1 Å². The van der Waals surface area contributed by atoms with E-state index >= 15 is 0 Å². The summed E-state index contributed by atoms with van der Waals surface area (Å²) in [7, 11) is 0. The number of allylic oxidation sites excluding steroid dienone is 1. The van der Waals surface area contributed by atoms with Crippen LogP contribution in [0.1, 0.15) is 110 Å². The van der Waals surface area contributed by atoms with Gasteiger partial charge in [0.05, 0.1) is 5.57 Å². The summed E-state index contributed by atoms with van der Waals surface area (Å²) in [6, 6.07) is 0. The predicted molar refractivity (Wildman–Crippen MR) is 109 cm³/mol. The highest BCUT2D eigenvalue weighted by Crippen LogP contribution is 2.23. The highest BCUT2D eigenvalue weighted by Gasteiger charge is 2.32. The van der Waals surface area contributed by atoms with E-state index in [1.807, 2.05) is 6.08 Å². The summed E-state index contributed by atoms with van der Waals surface area (Å²) < 4.78 is 4.81. The fraction of sp³-hybridized carbons (Fsp3) is 0.783. The van der Waals surface area contributed by atoms with Crippen molar-refractivity contribution in [2.24, 2.45) is 0 Å². The maximum atomic E-state index is 11.5. The van der Waals surface area contributed by atoms with Crippen LogP contribution in [-0.2, 0) is 9.53 Å². The van der Waals surface area contributed by atoms with Crippen LogP contribution >= 0.6 is 0 Å². The minimum atomic E-state index is -0.932. The lowest BCUT2D eigenvalue weighted by atomic mass is 10.0. The van der Waals surface area contributed by atoms with E-state index in [9.17, 15) is 9.90 Å². The molecule has 3 heteroatoms. The molecule has 1 saturated heterocycles. The van der Waals surface area contributed by atoms with Crippen molar-refractivity contribution in [3.05, 3.63) is 24.0 Å². The van der Waals surface area contributed by atoms with Crippen molar-refractivity contribution in [2.75, 3.05) is 0 Å². The maximum Gasteiger partial charge on any atom is 0.341 e. The van der Waals surface area contributed by atoms with Crippen LogP contribution in [0.4, 0.5) is 0 Å². The molecule has 0 aromatic heterocycles. The van der Waals surface area contributed by atoms with Gasteiger partial charge in [-0.05, 0) is 12.8 Å². The van der Waals surface area contributed by atoms with Crippen LogP contribution < -0.4 is 0 Å². The highest BCUT2D eigenvalue weighted by molar-refractivity contribution is 5.93. The lowest BCUT2D eigenvalue weighted by Crippen LogP contribution is -2.07. The number of aliphatic hydroxyl groups excluding tert-OH is 1. The summed E-state index contributed by atoms with van der Waals surface area (Å²) in [5, 5.41) is 9.74. The van der Waals surface area contributed by atoms with Gasteiger partial charge in [-0.25, -0.2) is 4.79 Å². The van der Waals surface area contributed by atoms with Crippen molar-refractivity contribution in [1.82, 2.24) is 0 Å². The lowest BCUT2D eigenvalue weighted by Gasteiger charge is -2.03. The summed E-state index contributed by atoms with van der Waals surface area (Å²) in [6.07, 6.45) is 21.9. The molecule has 0 aromatic carbocycles. The SMILES string of the molecule is C=C1OC(=O)/C(=C\CCCCCCCCCCCCCCCCC)[C@@H]1O. The fourth-order valence-corrected chi connectivity index (χ4v) is 3.49. The second-order valence-corrected chi connectivity index (χ2v) is 7.66. The third-order valence-corrected chi connectivity index (χ3v) is 5.23.